The number of aliphatic imine (C=N–C) groups is 1. The molecule has 2 aromatic rings. The number of amides is 1. The van der Waals surface area contributed by atoms with E-state index in [1.807, 2.05) is 24.4 Å². The average Bonchev–Trinajstić information content (AvgIpc) is 3.16. The molecule has 0 aliphatic rings. The molecule has 4 N–H and O–H groups in total. The van der Waals surface area contributed by atoms with E-state index in [1.54, 1.807) is 23.9 Å². The fourth-order valence-electron chi connectivity index (χ4n) is 2.07. The van der Waals surface area contributed by atoms with Crippen molar-refractivity contribution in [3.05, 3.63) is 40.6 Å². The normalized spacial score (nSPS) is 13.0. The molecule has 1 unspecified atom stereocenters. The molecule has 1 atom stereocenters. The van der Waals surface area contributed by atoms with Crippen molar-refractivity contribution in [1.82, 2.24) is 15.3 Å². The van der Waals surface area contributed by atoms with Gasteiger partial charge in [-0.15, -0.1) is 11.3 Å². The van der Waals surface area contributed by atoms with E-state index >= 15 is 0 Å². The lowest BCUT2D eigenvalue weighted by Gasteiger charge is -2.09. The number of guanidine groups is 1. The second-order valence-corrected chi connectivity index (χ2v) is 6.10. The van der Waals surface area contributed by atoms with Gasteiger partial charge in [0.05, 0.1) is 6.33 Å². The van der Waals surface area contributed by atoms with Crippen LogP contribution in [-0.2, 0) is 11.2 Å². The largest absolute Gasteiger partial charge is 0.370 e. The number of carbonyl (C=O) groups excluding carboxylic acids is 1. The second kappa shape index (κ2) is 8.33. The zero-order valence-corrected chi connectivity index (χ0v) is 13.4. The summed E-state index contributed by atoms with van der Waals surface area (Å²) in [5, 5.41) is 4.65. The lowest BCUT2D eigenvalue weighted by molar-refractivity contribution is -0.120. The van der Waals surface area contributed by atoms with Gasteiger partial charge in [0.25, 0.3) is 0 Å². The van der Waals surface area contributed by atoms with Crippen LogP contribution in [0.2, 0.25) is 0 Å². The van der Waals surface area contributed by atoms with E-state index < -0.39 is 0 Å². The number of hydrogen-bond acceptors (Lipinski definition) is 4. The van der Waals surface area contributed by atoms with Gasteiger partial charge in [0.1, 0.15) is 0 Å². The Kier molecular flexibility index (Phi) is 6.14. The van der Waals surface area contributed by atoms with Gasteiger partial charge in [-0.1, -0.05) is 13.0 Å². The first-order valence-electron chi connectivity index (χ1n) is 7.25. The predicted molar refractivity (Wildman–Crippen MR) is 88.9 cm³/mol. The molecular formula is C15H21N5OS. The van der Waals surface area contributed by atoms with E-state index in [0.717, 1.165) is 18.5 Å². The molecular weight excluding hydrogens is 298 g/mol. The molecule has 6 nitrogen and oxygen atoms in total. The van der Waals surface area contributed by atoms with Gasteiger partial charge in [0.15, 0.2) is 5.96 Å². The highest BCUT2D eigenvalue weighted by molar-refractivity contribution is 7.10. The van der Waals surface area contributed by atoms with Gasteiger partial charge < -0.3 is 10.7 Å². The monoisotopic (exact) mass is 319 g/mol. The van der Waals surface area contributed by atoms with Crippen molar-refractivity contribution in [2.45, 2.75) is 32.1 Å². The summed E-state index contributed by atoms with van der Waals surface area (Å²) in [5.74, 6) is 0.275. The average molecular weight is 319 g/mol. The lowest BCUT2D eigenvalue weighted by atomic mass is 10.1. The van der Waals surface area contributed by atoms with Gasteiger partial charge in [0.2, 0.25) is 5.91 Å². The molecule has 0 radical (unpaired) electrons. The lowest BCUT2D eigenvalue weighted by Crippen LogP contribution is -2.37. The van der Waals surface area contributed by atoms with E-state index in [0.29, 0.717) is 13.0 Å². The van der Waals surface area contributed by atoms with Crippen molar-refractivity contribution in [2.24, 2.45) is 10.7 Å². The minimum atomic E-state index is -0.101. The van der Waals surface area contributed by atoms with Crippen molar-refractivity contribution in [3.8, 4) is 0 Å². The molecule has 0 aliphatic heterocycles. The van der Waals surface area contributed by atoms with Crippen LogP contribution in [-0.4, -0.2) is 28.4 Å². The third-order valence-corrected chi connectivity index (χ3v) is 4.33. The molecule has 0 aliphatic carbocycles. The van der Waals surface area contributed by atoms with Crippen LogP contribution >= 0.6 is 11.3 Å². The number of nitrogens with one attached hydrogen (secondary N) is 2. The standard InChI is InChI=1S/C15H21N5OS/c1-11(13-5-3-7-22-13)8-14(21)20-15(16)18-6-2-4-12-9-17-10-19-12/h3,5,7,9-11H,2,4,6,8H2,1H3,(H,17,19)(H3,16,18,20,21). The van der Waals surface area contributed by atoms with Crippen molar-refractivity contribution in [3.63, 3.8) is 0 Å². The Labute approximate surface area is 133 Å². The van der Waals surface area contributed by atoms with Gasteiger partial charge in [-0.05, 0) is 30.2 Å². The van der Waals surface area contributed by atoms with E-state index in [4.69, 9.17) is 5.73 Å². The molecule has 118 valence electrons. The fraction of sp³-hybridized carbons (Fsp3) is 0.400. The fourth-order valence-corrected chi connectivity index (χ4v) is 2.86. The number of nitrogens with zero attached hydrogens (tertiary/aromatic N) is 2. The van der Waals surface area contributed by atoms with E-state index in [9.17, 15) is 4.79 Å². The van der Waals surface area contributed by atoms with Gasteiger partial charge >= 0.3 is 0 Å². The highest BCUT2D eigenvalue weighted by atomic mass is 32.1. The third kappa shape index (κ3) is 5.33. The summed E-state index contributed by atoms with van der Waals surface area (Å²) >= 11 is 1.66. The SMILES string of the molecule is CC(CC(=O)NC(N)=NCCCc1cnc[nH]1)c1cccs1. The number of rotatable bonds is 7. The zero-order valence-electron chi connectivity index (χ0n) is 12.6. The Morgan fingerprint density at radius 1 is 1.59 bits per heavy atom. The number of aromatic amines is 1. The Morgan fingerprint density at radius 3 is 3.14 bits per heavy atom. The van der Waals surface area contributed by atoms with Crippen LogP contribution < -0.4 is 11.1 Å². The maximum atomic E-state index is 11.9. The summed E-state index contributed by atoms with van der Waals surface area (Å²) < 4.78 is 0. The van der Waals surface area contributed by atoms with Crippen LogP contribution in [0.1, 0.15) is 36.3 Å². The second-order valence-electron chi connectivity index (χ2n) is 5.12. The highest BCUT2D eigenvalue weighted by Gasteiger charge is 2.12. The van der Waals surface area contributed by atoms with E-state index in [-0.39, 0.29) is 17.8 Å². The molecule has 2 heterocycles. The number of H-pyrrole nitrogens is 1. The number of hydrogen-bond donors (Lipinski definition) is 3. The van der Waals surface area contributed by atoms with Crippen molar-refractivity contribution in [1.29, 1.82) is 0 Å². The van der Waals surface area contributed by atoms with Crippen molar-refractivity contribution < 1.29 is 4.79 Å². The third-order valence-electron chi connectivity index (χ3n) is 3.23. The van der Waals surface area contributed by atoms with Crippen LogP contribution in [0.25, 0.3) is 0 Å². The number of aromatic nitrogens is 2. The minimum Gasteiger partial charge on any atom is -0.370 e. The molecule has 0 saturated carbocycles. The first kappa shape index (κ1) is 16.2. The van der Waals surface area contributed by atoms with Crippen molar-refractivity contribution >= 4 is 23.2 Å². The number of imidazole rings is 1. The summed E-state index contributed by atoms with van der Waals surface area (Å²) in [5.41, 5.74) is 6.80. The Bertz CT molecular complexity index is 591. The first-order chi connectivity index (χ1) is 10.6. The topological polar surface area (TPSA) is 96.2 Å². The van der Waals surface area contributed by atoms with Gasteiger partial charge in [0, 0.05) is 29.7 Å². The molecule has 7 heteroatoms. The molecule has 22 heavy (non-hydrogen) atoms. The molecule has 0 aromatic carbocycles. The van der Waals surface area contributed by atoms with Gasteiger partial charge in [-0.3, -0.25) is 15.1 Å². The number of nitrogens with two attached hydrogens (primary N) is 1. The van der Waals surface area contributed by atoms with Crippen LogP contribution in [0, 0.1) is 0 Å². The summed E-state index contributed by atoms with van der Waals surface area (Å²) in [6, 6.07) is 4.03. The zero-order chi connectivity index (χ0) is 15.8. The van der Waals surface area contributed by atoms with Crippen LogP contribution in [0.4, 0.5) is 0 Å². The highest BCUT2D eigenvalue weighted by Crippen LogP contribution is 2.23. The Morgan fingerprint density at radius 2 is 2.45 bits per heavy atom. The Hall–Kier alpha value is -2.15. The van der Waals surface area contributed by atoms with Crippen LogP contribution in [0.15, 0.2) is 35.0 Å². The first-order valence-corrected chi connectivity index (χ1v) is 8.13. The molecule has 0 bridgehead atoms. The number of carbonyl (C=O) groups is 1. The number of aryl methyl sites for hydroxylation is 1. The molecule has 2 rings (SSSR count). The van der Waals surface area contributed by atoms with E-state index in [2.05, 4.69) is 20.3 Å². The summed E-state index contributed by atoms with van der Waals surface area (Å²) in [6.45, 7) is 2.61. The van der Waals surface area contributed by atoms with Crippen LogP contribution in [0.3, 0.4) is 0 Å². The van der Waals surface area contributed by atoms with Crippen molar-refractivity contribution in [2.75, 3.05) is 6.54 Å². The Balaban J connectivity index is 1.67. The predicted octanol–water partition coefficient (Wildman–Crippen LogP) is 2.03. The van der Waals surface area contributed by atoms with Gasteiger partial charge in [-0.2, -0.15) is 0 Å². The van der Waals surface area contributed by atoms with E-state index in [1.165, 1.54) is 4.88 Å². The summed E-state index contributed by atoms with van der Waals surface area (Å²) in [7, 11) is 0. The van der Waals surface area contributed by atoms with Crippen LogP contribution in [0.5, 0.6) is 0 Å². The molecule has 2 aromatic heterocycles. The molecule has 0 spiro atoms. The molecule has 0 saturated heterocycles. The minimum absolute atomic E-state index is 0.101. The van der Waals surface area contributed by atoms with Gasteiger partial charge in [-0.25, -0.2) is 4.98 Å². The maximum absolute atomic E-state index is 11.9. The number of thiophene rings is 1. The molecule has 1 amide bonds. The molecule has 0 fully saturated rings. The summed E-state index contributed by atoms with van der Waals surface area (Å²) in [4.78, 5) is 24.2. The quantitative estimate of drug-likeness (QED) is 0.414. The summed E-state index contributed by atoms with van der Waals surface area (Å²) in [6.07, 6.45) is 5.57. The maximum Gasteiger partial charge on any atom is 0.227 e. The smallest absolute Gasteiger partial charge is 0.227 e.